The van der Waals surface area contributed by atoms with Gasteiger partial charge in [0.25, 0.3) is 11.1 Å². The quantitative estimate of drug-likeness (QED) is 0.370. The van der Waals surface area contributed by atoms with Crippen LogP contribution in [0.25, 0.3) is 6.08 Å². The predicted molar refractivity (Wildman–Crippen MR) is 133 cm³/mol. The van der Waals surface area contributed by atoms with Crippen LogP contribution in [0.2, 0.25) is 0 Å². The van der Waals surface area contributed by atoms with Crippen LogP contribution in [0.3, 0.4) is 0 Å². The highest BCUT2D eigenvalue weighted by molar-refractivity contribution is 8.18. The lowest BCUT2D eigenvalue weighted by atomic mass is 10.1. The van der Waals surface area contributed by atoms with Crippen molar-refractivity contribution in [2.75, 3.05) is 20.3 Å². The minimum atomic E-state index is -0.348. The van der Waals surface area contributed by atoms with Crippen molar-refractivity contribution >= 4 is 29.0 Å². The van der Waals surface area contributed by atoms with Crippen molar-refractivity contribution in [1.82, 2.24) is 4.90 Å². The molecule has 0 atom stereocenters. The van der Waals surface area contributed by atoms with Crippen LogP contribution >= 0.6 is 11.8 Å². The van der Waals surface area contributed by atoms with Crippen molar-refractivity contribution in [3.05, 3.63) is 94.4 Å². The van der Waals surface area contributed by atoms with E-state index < -0.39 is 0 Å². The fraction of sp³-hybridized carbons (Fsp3) is 0.185. The summed E-state index contributed by atoms with van der Waals surface area (Å²) in [5.41, 5.74) is 2.75. The molecule has 0 spiro atoms. The second-order valence-corrected chi connectivity index (χ2v) is 8.64. The Labute approximate surface area is 203 Å². The normalized spacial score (nSPS) is 14.5. The first kappa shape index (κ1) is 23.4. The maximum atomic E-state index is 13.0. The van der Waals surface area contributed by atoms with Gasteiger partial charge in [0, 0.05) is 5.56 Å². The molecule has 1 fully saturated rings. The van der Waals surface area contributed by atoms with Crippen LogP contribution in [-0.2, 0) is 11.4 Å². The van der Waals surface area contributed by atoms with E-state index in [9.17, 15) is 9.59 Å². The molecule has 0 aliphatic carbocycles. The molecule has 0 saturated carbocycles. The van der Waals surface area contributed by atoms with Gasteiger partial charge in [-0.1, -0.05) is 54.6 Å². The molecule has 1 aliphatic heterocycles. The number of nitrogens with zero attached hydrogens (tertiary/aromatic N) is 1. The molecule has 1 heterocycles. The molecule has 34 heavy (non-hydrogen) atoms. The number of ether oxygens (including phenoxy) is 3. The van der Waals surface area contributed by atoms with Gasteiger partial charge in [-0.15, -0.1) is 0 Å². The molecule has 6 nitrogen and oxygen atoms in total. The number of hydrogen-bond acceptors (Lipinski definition) is 6. The summed E-state index contributed by atoms with van der Waals surface area (Å²) in [6, 6.07) is 22.9. The molecule has 0 radical (unpaired) electrons. The van der Waals surface area contributed by atoms with Crippen molar-refractivity contribution in [1.29, 1.82) is 0 Å². The first-order valence-electron chi connectivity index (χ1n) is 10.8. The number of rotatable bonds is 9. The van der Waals surface area contributed by atoms with Crippen LogP contribution in [0.1, 0.15) is 16.7 Å². The molecule has 7 heteroatoms. The molecule has 2 amide bonds. The van der Waals surface area contributed by atoms with Gasteiger partial charge in [-0.05, 0) is 54.1 Å². The highest BCUT2D eigenvalue weighted by Gasteiger charge is 2.35. The smallest absolute Gasteiger partial charge is 0.293 e. The average Bonchev–Trinajstić information content (AvgIpc) is 3.11. The third-order valence-corrected chi connectivity index (χ3v) is 6.10. The highest BCUT2D eigenvalue weighted by atomic mass is 32.2. The minimum Gasteiger partial charge on any atom is -0.493 e. The van der Waals surface area contributed by atoms with Gasteiger partial charge in [-0.2, -0.15) is 0 Å². The second kappa shape index (κ2) is 10.9. The molecule has 1 aliphatic rings. The van der Waals surface area contributed by atoms with Crippen molar-refractivity contribution in [3.63, 3.8) is 0 Å². The number of amides is 2. The Morgan fingerprint density at radius 3 is 2.50 bits per heavy atom. The van der Waals surface area contributed by atoms with E-state index in [2.05, 4.69) is 0 Å². The fourth-order valence-corrected chi connectivity index (χ4v) is 4.34. The number of para-hydroxylation sites is 1. The van der Waals surface area contributed by atoms with Crippen LogP contribution in [-0.4, -0.2) is 36.3 Å². The number of thioether (sulfide) groups is 1. The molecule has 174 valence electrons. The fourth-order valence-electron chi connectivity index (χ4n) is 3.49. The van der Waals surface area contributed by atoms with Crippen LogP contribution in [0.15, 0.2) is 77.7 Å². The van der Waals surface area contributed by atoms with Crippen LogP contribution in [0.5, 0.6) is 17.2 Å². The van der Waals surface area contributed by atoms with Crippen molar-refractivity contribution < 1.29 is 23.8 Å². The van der Waals surface area contributed by atoms with Gasteiger partial charge in [0.1, 0.15) is 19.0 Å². The summed E-state index contributed by atoms with van der Waals surface area (Å²) >= 11 is 0.909. The van der Waals surface area contributed by atoms with Crippen molar-refractivity contribution in [2.24, 2.45) is 0 Å². The topological polar surface area (TPSA) is 65.1 Å². The number of hydrogen-bond donors (Lipinski definition) is 0. The molecule has 3 aromatic rings. The lowest BCUT2D eigenvalue weighted by Crippen LogP contribution is -2.32. The van der Waals surface area contributed by atoms with Crippen LogP contribution in [0.4, 0.5) is 4.79 Å². The average molecular weight is 476 g/mol. The van der Waals surface area contributed by atoms with Gasteiger partial charge in [0.2, 0.25) is 0 Å². The molecule has 4 rings (SSSR count). The number of carbonyl (C=O) groups excluding carboxylic acids is 2. The summed E-state index contributed by atoms with van der Waals surface area (Å²) in [6.07, 6.45) is 1.68. The lowest BCUT2D eigenvalue weighted by Gasteiger charge is -2.14. The summed E-state index contributed by atoms with van der Waals surface area (Å²) in [4.78, 5) is 27.0. The molecule has 0 N–H and O–H groups in total. The highest BCUT2D eigenvalue weighted by Crippen LogP contribution is 2.37. The summed E-state index contributed by atoms with van der Waals surface area (Å²) in [5.74, 6) is 1.43. The Morgan fingerprint density at radius 2 is 1.74 bits per heavy atom. The third-order valence-electron chi connectivity index (χ3n) is 5.19. The second-order valence-electron chi connectivity index (χ2n) is 7.65. The Hall–Kier alpha value is -3.71. The zero-order valence-corrected chi connectivity index (χ0v) is 19.8. The predicted octanol–water partition coefficient (Wildman–Crippen LogP) is 5.70. The molecule has 0 unspecified atom stereocenters. The maximum Gasteiger partial charge on any atom is 0.293 e. The standard InChI is InChI=1S/C27H25NO5S/c1-19-8-6-12-22(16-19)32-15-14-28-26(29)24(34-27(28)30)17-21-11-7-13-23(31-2)25(21)33-18-20-9-4-3-5-10-20/h3-13,16-17H,14-15,18H2,1-2H3/b24-17-. The summed E-state index contributed by atoms with van der Waals surface area (Å²) in [5, 5.41) is -0.321. The maximum absolute atomic E-state index is 13.0. The Bertz CT molecular complexity index is 1210. The van der Waals surface area contributed by atoms with E-state index in [4.69, 9.17) is 14.2 Å². The Kier molecular flexibility index (Phi) is 7.54. The lowest BCUT2D eigenvalue weighted by molar-refractivity contribution is -0.123. The molecule has 0 bridgehead atoms. The van der Waals surface area contributed by atoms with E-state index >= 15 is 0 Å². The number of aryl methyl sites for hydroxylation is 1. The van der Waals surface area contributed by atoms with Gasteiger partial charge >= 0.3 is 0 Å². The van der Waals surface area contributed by atoms with Crippen molar-refractivity contribution in [3.8, 4) is 17.2 Å². The van der Waals surface area contributed by atoms with Crippen LogP contribution < -0.4 is 14.2 Å². The van der Waals surface area contributed by atoms with Gasteiger partial charge in [0.15, 0.2) is 11.5 Å². The zero-order chi connectivity index (χ0) is 23.9. The first-order valence-corrected chi connectivity index (χ1v) is 11.7. The number of carbonyl (C=O) groups is 2. The molecule has 3 aromatic carbocycles. The molecular weight excluding hydrogens is 450 g/mol. The molecular formula is C27H25NO5S. The van der Waals surface area contributed by atoms with E-state index in [0.29, 0.717) is 34.3 Å². The SMILES string of the molecule is COc1cccc(/C=C2\SC(=O)N(CCOc3cccc(C)c3)C2=O)c1OCc1ccccc1. The number of methoxy groups -OCH3 is 1. The van der Waals surface area contributed by atoms with E-state index in [0.717, 1.165) is 22.9 Å². The van der Waals surface area contributed by atoms with Gasteiger partial charge in [-0.25, -0.2) is 0 Å². The zero-order valence-electron chi connectivity index (χ0n) is 19.0. The van der Waals surface area contributed by atoms with Crippen molar-refractivity contribution in [2.45, 2.75) is 13.5 Å². The third kappa shape index (κ3) is 5.61. The Balaban J connectivity index is 1.47. The summed E-state index contributed by atoms with van der Waals surface area (Å²) < 4.78 is 17.2. The summed E-state index contributed by atoms with van der Waals surface area (Å²) in [6.45, 7) is 2.72. The monoisotopic (exact) mass is 475 g/mol. The van der Waals surface area contributed by atoms with Gasteiger partial charge < -0.3 is 14.2 Å². The minimum absolute atomic E-state index is 0.172. The first-order chi connectivity index (χ1) is 16.5. The van der Waals surface area contributed by atoms with E-state index in [-0.39, 0.29) is 24.3 Å². The summed E-state index contributed by atoms with van der Waals surface area (Å²) in [7, 11) is 1.57. The number of imide groups is 1. The molecule has 0 aromatic heterocycles. The van der Waals surface area contributed by atoms with Gasteiger partial charge in [0.05, 0.1) is 18.6 Å². The van der Waals surface area contributed by atoms with E-state index in [1.807, 2.05) is 73.7 Å². The largest absolute Gasteiger partial charge is 0.493 e. The number of benzene rings is 3. The van der Waals surface area contributed by atoms with E-state index in [1.54, 1.807) is 19.3 Å². The Morgan fingerprint density at radius 1 is 0.941 bits per heavy atom. The van der Waals surface area contributed by atoms with E-state index in [1.165, 1.54) is 4.90 Å². The molecule has 1 saturated heterocycles. The van der Waals surface area contributed by atoms with Crippen LogP contribution in [0, 0.1) is 6.92 Å². The van der Waals surface area contributed by atoms with Gasteiger partial charge in [-0.3, -0.25) is 14.5 Å².